The molecule has 0 saturated carbocycles. The molecule has 15 heavy (non-hydrogen) atoms. The van der Waals surface area contributed by atoms with E-state index in [1.807, 2.05) is 19.1 Å². The average Bonchev–Trinajstić information content (AvgIpc) is 2.20. The second-order valence-corrected chi connectivity index (χ2v) is 3.68. The van der Waals surface area contributed by atoms with Crippen LogP contribution >= 0.6 is 15.9 Å². The second-order valence-electron chi connectivity index (χ2n) is 2.83. The molecule has 0 heterocycles. The zero-order chi connectivity index (χ0) is 11.3. The monoisotopic (exact) mass is 270 g/mol. The Hall–Kier alpha value is -1.29. The third-order valence-corrected chi connectivity index (χ3v) is 2.37. The predicted octanol–water partition coefficient (Wildman–Crippen LogP) is 3.10. The van der Waals surface area contributed by atoms with E-state index in [0.29, 0.717) is 16.8 Å². The number of aromatic carboxylic acids is 1. The number of halogens is 1. The van der Waals surface area contributed by atoms with E-state index >= 15 is 0 Å². The molecule has 4 heteroatoms. The van der Waals surface area contributed by atoms with Crippen LogP contribution in [0.2, 0.25) is 0 Å². The lowest BCUT2D eigenvalue weighted by Gasteiger charge is -2.06. The van der Waals surface area contributed by atoms with E-state index in [9.17, 15) is 4.79 Å². The molecule has 0 atom stereocenters. The number of allylic oxidation sites excluding steroid dienone is 1. The van der Waals surface area contributed by atoms with Crippen LogP contribution in [0.1, 0.15) is 17.3 Å². The Balaban J connectivity index is 2.79. The topological polar surface area (TPSA) is 46.5 Å². The summed E-state index contributed by atoms with van der Waals surface area (Å²) in [6, 6.07) is 4.67. The van der Waals surface area contributed by atoms with Gasteiger partial charge in [0.05, 0.1) is 10.0 Å². The van der Waals surface area contributed by atoms with Gasteiger partial charge in [-0.3, -0.25) is 0 Å². The summed E-state index contributed by atoms with van der Waals surface area (Å²) in [5, 5.41) is 8.74. The van der Waals surface area contributed by atoms with Gasteiger partial charge in [-0.15, -0.1) is 0 Å². The van der Waals surface area contributed by atoms with Crippen LogP contribution < -0.4 is 4.74 Å². The summed E-state index contributed by atoms with van der Waals surface area (Å²) in [4.78, 5) is 10.7. The Bertz CT molecular complexity index is 385. The van der Waals surface area contributed by atoms with E-state index in [1.54, 1.807) is 6.07 Å². The number of ether oxygens (including phenoxy) is 1. The molecule has 0 fully saturated rings. The van der Waals surface area contributed by atoms with E-state index in [-0.39, 0.29) is 5.56 Å². The highest BCUT2D eigenvalue weighted by Crippen LogP contribution is 2.25. The van der Waals surface area contributed by atoms with Crippen molar-refractivity contribution in [3.8, 4) is 5.75 Å². The highest BCUT2D eigenvalue weighted by Gasteiger charge is 2.06. The van der Waals surface area contributed by atoms with Crippen LogP contribution in [0, 0.1) is 0 Å². The first kappa shape index (κ1) is 11.8. The highest BCUT2D eigenvalue weighted by atomic mass is 79.9. The van der Waals surface area contributed by atoms with Gasteiger partial charge in [0.25, 0.3) is 0 Å². The van der Waals surface area contributed by atoms with Gasteiger partial charge in [-0.2, -0.15) is 0 Å². The quantitative estimate of drug-likeness (QED) is 0.856. The number of rotatable bonds is 4. The van der Waals surface area contributed by atoms with Crippen LogP contribution in [0.5, 0.6) is 5.75 Å². The summed E-state index contributed by atoms with van der Waals surface area (Å²) >= 11 is 3.26. The average molecular weight is 271 g/mol. The van der Waals surface area contributed by atoms with Crippen LogP contribution in [-0.2, 0) is 0 Å². The van der Waals surface area contributed by atoms with Gasteiger partial charge in [0.1, 0.15) is 12.4 Å². The van der Waals surface area contributed by atoms with Crippen molar-refractivity contribution in [3.63, 3.8) is 0 Å². The van der Waals surface area contributed by atoms with E-state index in [4.69, 9.17) is 9.84 Å². The Kier molecular flexibility index (Phi) is 4.37. The first-order chi connectivity index (χ1) is 7.15. The molecule has 1 aromatic carbocycles. The minimum Gasteiger partial charge on any atom is -0.488 e. The molecule has 0 radical (unpaired) electrons. The number of carboxylic acids is 1. The largest absolute Gasteiger partial charge is 0.488 e. The Labute approximate surface area is 96.5 Å². The van der Waals surface area contributed by atoms with Gasteiger partial charge in [-0.25, -0.2) is 4.79 Å². The molecule has 0 spiro atoms. The third kappa shape index (κ3) is 3.40. The molecule has 1 N–H and O–H groups in total. The lowest BCUT2D eigenvalue weighted by Crippen LogP contribution is -1.98. The number of carboxylic acid groups (broad SMARTS) is 1. The molecular weight excluding hydrogens is 260 g/mol. The van der Waals surface area contributed by atoms with Crippen molar-refractivity contribution in [3.05, 3.63) is 40.4 Å². The van der Waals surface area contributed by atoms with Crippen molar-refractivity contribution >= 4 is 21.9 Å². The van der Waals surface area contributed by atoms with Crippen LogP contribution in [0.3, 0.4) is 0 Å². The lowest BCUT2D eigenvalue weighted by atomic mass is 10.2. The maximum atomic E-state index is 10.7. The normalized spacial score (nSPS) is 10.5. The maximum absolute atomic E-state index is 10.7. The van der Waals surface area contributed by atoms with Crippen LogP contribution in [-0.4, -0.2) is 17.7 Å². The molecule has 0 unspecified atom stereocenters. The minimum absolute atomic E-state index is 0.236. The van der Waals surface area contributed by atoms with E-state index < -0.39 is 5.97 Å². The molecule has 1 aromatic rings. The summed E-state index contributed by atoms with van der Waals surface area (Å²) < 4.78 is 6.03. The second kappa shape index (κ2) is 5.56. The molecular formula is C11H11BrO3. The molecule has 0 aliphatic carbocycles. The minimum atomic E-state index is -0.948. The molecule has 3 nitrogen and oxygen atoms in total. The summed E-state index contributed by atoms with van der Waals surface area (Å²) in [5.41, 5.74) is 0.236. The third-order valence-electron chi connectivity index (χ3n) is 1.75. The van der Waals surface area contributed by atoms with Crippen molar-refractivity contribution in [1.82, 2.24) is 0 Å². The van der Waals surface area contributed by atoms with Crippen LogP contribution in [0.15, 0.2) is 34.8 Å². The van der Waals surface area contributed by atoms with Gasteiger partial charge in [-0.1, -0.05) is 12.2 Å². The number of benzene rings is 1. The molecule has 0 amide bonds. The maximum Gasteiger partial charge on any atom is 0.335 e. The Morgan fingerprint density at radius 1 is 1.60 bits per heavy atom. The molecule has 1 rings (SSSR count). The van der Waals surface area contributed by atoms with E-state index in [2.05, 4.69) is 15.9 Å². The van der Waals surface area contributed by atoms with Gasteiger partial charge >= 0.3 is 5.97 Å². The molecule has 0 bridgehead atoms. The molecule has 0 aliphatic heterocycles. The number of hydrogen-bond donors (Lipinski definition) is 1. The summed E-state index contributed by atoms with van der Waals surface area (Å²) in [6.45, 7) is 2.38. The van der Waals surface area contributed by atoms with E-state index in [0.717, 1.165) is 0 Å². The van der Waals surface area contributed by atoms with Gasteiger partial charge < -0.3 is 9.84 Å². The highest BCUT2D eigenvalue weighted by molar-refractivity contribution is 9.10. The van der Waals surface area contributed by atoms with Crippen molar-refractivity contribution < 1.29 is 14.6 Å². The molecule has 0 aromatic heterocycles. The fourth-order valence-electron chi connectivity index (χ4n) is 0.985. The standard InChI is InChI=1S/C11H11BrO3/c1-2-3-6-15-10-5-4-8(11(13)14)7-9(10)12/h2-5,7H,6H2,1H3,(H,13,14)/b3-2+. The Morgan fingerprint density at radius 3 is 2.87 bits per heavy atom. The first-order valence-corrected chi connectivity index (χ1v) is 5.21. The van der Waals surface area contributed by atoms with Crippen molar-refractivity contribution in [2.24, 2.45) is 0 Å². The fraction of sp³-hybridized carbons (Fsp3) is 0.182. The lowest BCUT2D eigenvalue weighted by molar-refractivity contribution is 0.0697. The summed E-state index contributed by atoms with van der Waals surface area (Å²) in [6.07, 6.45) is 3.76. The molecule has 80 valence electrons. The smallest absolute Gasteiger partial charge is 0.335 e. The molecule has 0 saturated heterocycles. The van der Waals surface area contributed by atoms with Crippen molar-refractivity contribution in [1.29, 1.82) is 0 Å². The number of hydrogen-bond acceptors (Lipinski definition) is 2. The zero-order valence-electron chi connectivity index (χ0n) is 8.24. The Morgan fingerprint density at radius 2 is 2.33 bits per heavy atom. The van der Waals surface area contributed by atoms with Gasteiger partial charge in [0, 0.05) is 0 Å². The SMILES string of the molecule is C/C=C/COc1ccc(C(=O)O)cc1Br. The summed E-state index contributed by atoms with van der Waals surface area (Å²) in [5.74, 6) is -0.311. The van der Waals surface area contributed by atoms with E-state index in [1.165, 1.54) is 12.1 Å². The van der Waals surface area contributed by atoms with Gasteiger partial charge in [0.15, 0.2) is 0 Å². The number of carbonyl (C=O) groups is 1. The first-order valence-electron chi connectivity index (χ1n) is 4.42. The fourth-order valence-corrected chi connectivity index (χ4v) is 1.48. The van der Waals surface area contributed by atoms with Crippen LogP contribution in [0.25, 0.3) is 0 Å². The van der Waals surface area contributed by atoms with Gasteiger partial charge in [-0.05, 0) is 41.1 Å². The predicted molar refractivity (Wildman–Crippen MR) is 61.4 cm³/mol. The van der Waals surface area contributed by atoms with Crippen molar-refractivity contribution in [2.75, 3.05) is 6.61 Å². The molecule has 0 aliphatic rings. The van der Waals surface area contributed by atoms with Gasteiger partial charge in [0.2, 0.25) is 0 Å². The van der Waals surface area contributed by atoms with Crippen molar-refractivity contribution in [2.45, 2.75) is 6.92 Å². The zero-order valence-corrected chi connectivity index (χ0v) is 9.82. The summed E-state index contributed by atoms with van der Waals surface area (Å²) in [7, 11) is 0. The van der Waals surface area contributed by atoms with Crippen LogP contribution in [0.4, 0.5) is 0 Å².